The van der Waals surface area contributed by atoms with Crippen LogP contribution in [0.25, 0.3) is 11.3 Å². The summed E-state index contributed by atoms with van der Waals surface area (Å²) in [5.74, 6) is -3.42. The number of nitrogens with one attached hydrogen (secondary N) is 3. The monoisotopic (exact) mass is 942 g/mol. The summed E-state index contributed by atoms with van der Waals surface area (Å²) in [6.45, 7) is 12.6. The maximum Gasteiger partial charge on any atom is 0.255 e. The highest BCUT2D eigenvalue weighted by molar-refractivity contribution is 7.97. The molecular formula is C48H57F3N10O5S. The second kappa shape index (κ2) is 22.4. The van der Waals surface area contributed by atoms with Gasteiger partial charge in [-0.05, 0) is 125 Å². The van der Waals surface area contributed by atoms with Gasteiger partial charge in [-0.15, -0.1) is 0 Å². The van der Waals surface area contributed by atoms with E-state index in [4.69, 9.17) is 0 Å². The number of benzene rings is 3. The van der Waals surface area contributed by atoms with E-state index in [1.54, 1.807) is 22.9 Å². The molecule has 6 rings (SSSR count). The maximum absolute atomic E-state index is 15.3. The summed E-state index contributed by atoms with van der Waals surface area (Å²) in [5, 5.41) is 8.41. The lowest BCUT2D eigenvalue weighted by atomic mass is 9.71. The number of rotatable bonds is 19. The van der Waals surface area contributed by atoms with E-state index in [1.165, 1.54) is 26.2 Å². The molecule has 3 heterocycles. The van der Waals surface area contributed by atoms with Gasteiger partial charge in [0.2, 0.25) is 17.8 Å². The molecule has 1 unspecified atom stereocenters. The molecule has 19 heteroatoms. The first-order chi connectivity index (χ1) is 32.1. The first kappa shape index (κ1) is 50.1. The summed E-state index contributed by atoms with van der Waals surface area (Å²) in [4.78, 5) is 80.5. The van der Waals surface area contributed by atoms with Crippen molar-refractivity contribution in [3.05, 3.63) is 83.3 Å². The van der Waals surface area contributed by atoms with Crippen molar-refractivity contribution in [1.82, 2.24) is 29.4 Å². The van der Waals surface area contributed by atoms with E-state index in [0.29, 0.717) is 43.6 Å². The van der Waals surface area contributed by atoms with Gasteiger partial charge < -0.3 is 35.4 Å². The predicted octanol–water partition coefficient (Wildman–Crippen LogP) is 7.67. The number of aldehydes is 2. The third kappa shape index (κ3) is 11.8. The summed E-state index contributed by atoms with van der Waals surface area (Å²) in [6.07, 6.45) is 5.72. The number of aromatic nitrogens is 2. The van der Waals surface area contributed by atoms with Gasteiger partial charge >= 0.3 is 0 Å². The van der Waals surface area contributed by atoms with E-state index < -0.39 is 35.3 Å². The van der Waals surface area contributed by atoms with E-state index >= 15 is 13.2 Å². The van der Waals surface area contributed by atoms with Crippen molar-refractivity contribution in [3.8, 4) is 11.3 Å². The Morgan fingerprint density at radius 3 is 2.27 bits per heavy atom. The molecule has 0 radical (unpaired) electrons. The number of piperidine rings is 2. The zero-order valence-electron chi connectivity index (χ0n) is 38.4. The number of nitrogens with zero attached hydrogens (tertiary/aromatic N) is 7. The van der Waals surface area contributed by atoms with Crippen molar-refractivity contribution in [2.45, 2.75) is 76.3 Å². The number of halogens is 3. The fourth-order valence-corrected chi connectivity index (χ4v) is 9.64. The molecule has 3 aromatic carbocycles. The van der Waals surface area contributed by atoms with Crippen molar-refractivity contribution >= 4 is 77.7 Å². The fourth-order valence-electron chi connectivity index (χ4n) is 8.71. The fraction of sp³-hybridized carbons (Fsp3) is 0.417. The molecule has 0 bridgehead atoms. The lowest BCUT2D eigenvalue weighted by molar-refractivity contribution is -0.132. The number of anilines is 4. The second-order valence-corrected chi connectivity index (χ2v) is 18.2. The quantitative estimate of drug-likeness (QED) is 0.0477. The molecule has 1 spiro atoms. The van der Waals surface area contributed by atoms with Crippen LogP contribution in [0.1, 0.15) is 80.0 Å². The number of likely N-dealkylation sites (tertiary alicyclic amines) is 1. The van der Waals surface area contributed by atoms with Crippen LogP contribution < -0.4 is 20.9 Å². The molecule has 4 aromatic rings. The van der Waals surface area contributed by atoms with Crippen LogP contribution in [0.15, 0.2) is 64.6 Å². The predicted molar refractivity (Wildman–Crippen MR) is 255 cm³/mol. The van der Waals surface area contributed by atoms with E-state index in [9.17, 15) is 24.0 Å². The number of amides is 3. The van der Waals surface area contributed by atoms with E-state index in [0.717, 1.165) is 60.8 Å². The summed E-state index contributed by atoms with van der Waals surface area (Å²) in [7, 11) is 2.77. The van der Waals surface area contributed by atoms with Crippen molar-refractivity contribution < 1.29 is 37.1 Å². The summed E-state index contributed by atoms with van der Waals surface area (Å²) in [5.41, 5.74) is 1.09. The largest absolute Gasteiger partial charge is 0.374 e. The number of likely N-dealkylation sites (N-methyl/N-ethyl adjacent to an activating group) is 2. The van der Waals surface area contributed by atoms with Gasteiger partial charge in [-0.3, -0.25) is 24.2 Å². The van der Waals surface area contributed by atoms with Gasteiger partial charge in [-0.2, -0.15) is 0 Å². The lowest BCUT2D eigenvalue weighted by Gasteiger charge is -2.46. The molecule has 1 atom stereocenters. The highest BCUT2D eigenvalue weighted by Crippen LogP contribution is 2.44. The van der Waals surface area contributed by atoms with Gasteiger partial charge in [0.25, 0.3) is 5.91 Å². The molecule has 3 amide bonds. The first-order valence-electron chi connectivity index (χ1n) is 22.3. The Hall–Kier alpha value is -6.34. The van der Waals surface area contributed by atoms with Crippen molar-refractivity contribution in [3.63, 3.8) is 0 Å². The van der Waals surface area contributed by atoms with Crippen LogP contribution >= 0.6 is 11.9 Å². The van der Waals surface area contributed by atoms with Crippen LogP contribution in [-0.2, 0) is 14.4 Å². The molecule has 2 saturated heterocycles. The molecule has 3 N–H and O–H groups in total. The summed E-state index contributed by atoms with van der Waals surface area (Å²) in [6, 6.07) is 11.7. The standard InChI is InChI=1S/C48H57F3N10O5S/c1-7-61(30(2)3)41-25-31(23-37(50)44(41)52-4)43-38(51)27-55-47(57-43)56-33-10-12-34(13-11-33)67-60-20-16-48(17-21-60)14-18-59(19-15-48)42(64)28-54-39-26-35(32(29-63)24-36(39)49)46(66)58(6)40(9-8-22-62)45(65)53-5/h10-13,22-27,29-30,40,54H,4,7-9,14-21,28H2,1-3,5-6H3,(H,53,65)(H,55,56,57). The number of hydrogen-bond donors (Lipinski definition) is 3. The maximum atomic E-state index is 15.3. The number of carbonyl (C=O) groups excluding carboxylic acids is 5. The van der Waals surface area contributed by atoms with Gasteiger partial charge in [0, 0.05) is 81.0 Å². The first-order valence-corrected chi connectivity index (χ1v) is 23.0. The van der Waals surface area contributed by atoms with Crippen LogP contribution in [0, 0.1) is 22.9 Å². The minimum Gasteiger partial charge on any atom is -0.374 e. The Kier molecular flexibility index (Phi) is 16.8. The van der Waals surface area contributed by atoms with Gasteiger partial charge in [-0.25, -0.2) is 27.4 Å². The third-order valence-corrected chi connectivity index (χ3v) is 13.7. The molecule has 2 aliphatic heterocycles. The number of carbonyl (C=O) groups is 5. The molecule has 0 aliphatic carbocycles. The van der Waals surface area contributed by atoms with Crippen molar-refractivity contribution in [2.75, 3.05) is 68.9 Å². The minimum absolute atomic E-state index is 0.0256. The van der Waals surface area contributed by atoms with Crippen LogP contribution in [0.5, 0.6) is 0 Å². The average molecular weight is 943 g/mol. The van der Waals surface area contributed by atoms with Crippen LogP contribution in [-0.4, -0.2) is 127 Å². The Bertz CT molecular complexity index is 2460. The Morgan fingerprint density at radius 1 is 0.970 bits per heavy atom. The zero-order valence-corrected chi connectivity index (χ0v) is 39.2. The van der Waals surface area contributed by atoms with Crippen molar-refractivity contribution in [1.29, 1.82) is 0 Å². The number of hydrogen-bond acceptors (Lipinski definition) is 13. The molecule has 0 saturated carbocycles. The molecule has 15 nitrogen and oxygen atoms in total. The summed E-state index contributed by atoms with van der Waals surface area (Å²) >= 11 is 1.66. The van der Waals surface area contributed by atoms with E-state index in [2.05, 4.69) is 41.9 Å². The van der Waals surface area contributed by atoms with Crippen molar-refractivity contribution in [2.24, 2.45) is 10.4 Å². The molecule has 2 fully saturated rings. The second-order valence-electron chi connectivity index (χ2n) is 17.0. The number of aliphatic imine (C=N–C) groups is 1. The average Bonchev–Trinajstić information content (AvgIpc) is 3.32. The minimum atomic E-state index is -0.998. The van der Waals surface area contributed by atoms with Gasteiger partial charge in [-0.1, -0.05) is 0 Å². The SMILES string of the molecule is C=Nc1c(F)cc(-c2nc(Nc3ccc(SN4CCC5(CC4)CCN(C(=O)CNc4cc(C(=O)N(C)C(CCC=O)C(=O)NC)c(C=O)cc4F)CC5)cc3)ncc2F)cc1N(CC)C(C)C. The zero-order chi connectivity index (χ0) is 48.4. The molecule has 2 aliphatic rings. The molecule has 67 heavy (non-hydrogen) atoms. The Balaban J connectivity index is 0.996. The highest BCUT2D eigenvalue weighted by atomic mass is 32.2. The normalized spacial score (nSPS) is 15.1. The van der Waals surface area contributed by atoms with E-state index in [1.807, 2.05) is 49.9 Å². The highest BCUT2D eigenvalue weighted by Gasteiger charge is 2.39. The third-order valence-electron chi connectivity index (χ3n) is 12.6. The Labute approximate surface area is 393 Å². The summed E-state index contributed by atoms with van der Waals surface area (Å²) < 4.78 is 47.9. The lowest BCUT2D eigenvalue weighted by Crippen LogP contribution is -2.48. The Morgan fingerprint density at radius 2 is 1.66 bits per heavy atom. The van der Waals surface area contributed by atoms with Gasteiger partial charge in [0.1, 0.15) is 29.5 Å². The van der Waals surface area contributed by atoms with Crippen LogP contribution in [0.4, 0.5) is 41.9 Å². The van der Waals surface area contributed by atoms with Crippen LogP contribution in [0.2, 0.25) is 0 Å². The van der Waals surface area contributed by atoms with Gasteiger partial charge in [0.15, 0.2) is 17.9 Å². The van der Waals surface area contributed by atoms with Crippen LogP contribution in [0.3, 0.4) is 0 Å². The topological polar surface area (TPSA) is 173 Å². The smallest absolute Gasteiger partial charge is 0.255 e. The van der Waals surface area contributed by atoms with E-state index in [-0.39, 0.29) is 76.5 Å². The molecule has 1 aromatic heterocycles. The molecular weight excluding hydrogens is 886 g/mol. The molecule has 356 valence electrons. The van der Waals surface area contributed by atoms with Gasteiger partial charge in [0.05, 0.1) is 29.7 Å².